The molecule has 3 aliphatic rings. The van der Waals surface area contributed by atoms with E-state index >= 15 is 0 Å². The molecule has 1 spiro atoms. The third-order valence-corrected chi connectivity index (χ3v) is 7.83. The molecular formula is C23H19F3N4O2S. The van der Waals surface area contributed by atoms with Crippen molar-refractivity contribution in [2.75, 3.05) is 6.54 Å². The zero-order chi connectivity index (χ0) is 23.0. The van der Waals surface area contributed by atoms with Crippen molar-refractivity contribution < 1.29 is 22.7 Å². The number of aryl methyl sites for hydroxylation is 1. The standard InChI is InChI=1S/C23H19F3N4O2S/c1-12-2-4-15(18(29-12)20-27-6-7-33-20)21(31)30-11-14-8-22(14)9-16(19(22)30)32-17-5-3-13(10-28-17)23(24,25)26/h2-7,10,14,16,19H,8-9,11H2,1H3. The molecule has 0 bridgehead atoms. The van der Waals surface area contributed by atoms with Crippen LogP contribution in [0, 0.1) is 18.3 Å². The molecule has 170 valence electrons. The van der Waals surface area contributed by atoms with Gasteiger partial charge in [0.15, 0.2) is 0 Å². The van der Waals surface area contributed by atoms with E-state index in [2.05, 4.69) is 15.0 Å². The molecule has 4 unspecified atom stereocenters. The average molecular weight is 472 g/mol. The Morgan fingerprint density at radius 3 is 2.76 bits per heavy atom. The summed E-state index contributed by atoms with van der Waals surface area (Å²) in [6.07, 6.45) is -0.454. The number of amides is 1. The van der Waals surface area contributed by atoms with Crippen molar-refractivity contribution in [3.05, 3.63) is 58.9 Å². The highest BCUT2D eigenvalue weighted by Gasteiger charge is 2.76. The second-order valence-electron chi connectivity index (χ2n) is 8.97. The van der Waals surface area contributed by atoms with Crippen LogP contribution in [0.3, 0.4) is 0 Å². The number of thiazole rings is 1. The molecule has 4 heterocycles. The second kappa shape index (κ2) is 6.99. The number of carbonyl (C=O) groups is 1. The highest BCUT2D eigenvalue weighted by molar-refractivity contribution is 7.13. The molecule has 33 heavy (non-hydrogen) atoms. The summed E-state index contributed by atoms with van der Waals surface area (Å²) in [6, 6.07) is 5.70. The van der Waals surface area contributed by atoms with Crippen LogP contribution in [-0.4, -0.2) is 44.4 Å². The average Bonchev–Trinajstić information content (AvgIpc) is 3.14. The van der Waals surface area contributed by atoms with E-state index in [4.69, 9.17) is 4.74 Å². The minimum absolute atomic E-state index is 0.0612. The van der Waals surface area contributed by atoms with E-state index < -0.39 is 11.7 Å². The smallest absolute Gasteiger partial charge is 0.417 e. The number of piperidine rings is 1. The van der Waals surface area contributed by atoms with Crippen molar-refractivity contribution in [1.29, 1.82) is 0 Å². The molecular weight excluding hydrogens is 453 g/mol. The van der Waals surface area contributed by atoms with Crippen LogP contribution in [0.1, 0.15) is 34.5 Å². The fraction of sp³-hybridized carbons (Fsp3) is 0.391. The summed E-state index contributed by atoms with van der Waals surface area (Å²) in [5.74, 6) is 0.464. The molecule has 4 atom stereocenters. The first-order valence-electron chi connectivity index (χ1n) is 10.6. The molecule has 2 saturated carbocycles. The van der Waals surface area contributed by atoms with Gasteiger partial charge in [-0.2, -0.15) is 13.2 Å². The van der Waals surface area contributed by atoms with Crippen LogP contribution in [0.5, 0.6) is 5.88 Å². The molecule has 10 heteroatoms. The van der Waals surface area contributed by atoms with Crippen molar-refractivity contribution in [2.45, 2.75) is 38.1 Å². The van der Waals surface area contributed by atoms with Crippen LogP contribution in [0.15, 0.2) is 42.0 Å². The molecule has 1 saturated heterocycles. The first-order valence-corrected chi connectivity index (χ1v) is 11.5. The number of aromatic nitrogens is 3. The lowest BCUT2D eigenvalue weighted by Crippen LogP contribution is -2.59. The summed E-state index contributed by atoms with van der Waals surface area (Å²) in [4.78, 5) is 28.3. The minimum atomic E-state index is -4.45. The molecule has 1 amide bonds. The monoisotopic (exact) mass is 472 g/mol. The Hall–Kier alpha value is -3.01. The third kappa shape index (κ3) is 3.22. The Labute approximate surface area is 191 Å². The molecule has 3 aromatic rings. The molecule has 0 N–H and O–H groups in total. The molecule has 3 aromatic heterocycles. The number of nitrogens with zero attached hydrogens (tertiary/aromatic N) is 4. The zero-order valence-corrected chi connectivity index (χ0v) is 18.4. The lowest BCUT2D eigenvalue weighted by molar-refractivity contribution is -0.137. The lowest BCUT2D eigenvalue weighted by Gasteiger charge is -2.47. The van der Waals surface area contributed by atoms with Gasteiger partial charge in [0.05, 0.1) is 17.2 Å². The van der Waals surface area contributed by atoms with Crippen molar-refractivity contribution in [2.24, 2.45) is 11.3 Å². The van der Waals surface area contributed by atoms with Crippen molar-refractivity contribution in [1.82, 2.24) is 19.9 Å². The van der Waals surface area contributed by atoms with Crippen LogP contribution in [0.4, 0.5) is 13.2 Å². The van der Waals surface area contributed by atoms with Gasteiger partial charge in [-0.3, -0.25) is 4.79 Å². The van der Waals surface area contributed by atoms with Crippen molar-refractivity contribution in [3.8, 4) is 16.6 Å². The fourth-order valence-corrected chi connectivity index (χ4v) is 6.05. The van der Waals surface area contributed by atoms with Crippen molar-refractivity contribution >= 4 is 17.2 Å². The molecule has 0 radical (unpaired) electrons. The summed E-state index contributed by atoms with van der Waals surface area (Å²) in [6.45, 7) is 2.52. The van der Waals surface area contributed by atoms with Crippen LogP contribution in [0.25, 0.3) is 10.7 Å². The number of pyridine rings is 2. The van der Waals surface area contributed by atoms with E-state index in [0.29, 0.717) is 28.7 Å². The molecule has 6 rings (SSSR count). The SMILES string of the molecule is Cc1ccc(C(=O)N2CC3CC34CC(Oc3ccc(C(F)(F)F)cn3)C24)c(-c2nccs2)n1. The van der Waals surface area contributed by atoms with E-state index in [1.165, 1.54) is 17.4 Å². The Kier molecular flexibility index (Phi) is 4.36. The number of hydrogen-bond acceptors (Lipinski definition) is 6. The van der Waals surface area contributed by atoms with Gasteiger partial charge in [0.2, 0.25) is 5.88 Å². The highest BCUT2D eigenvalue weighted by Crippen LogP contribution is 2.71. The maximum Gasteiger partial charge on any atom is 0.417 e. The molecule has 0 aromatic carbocycles. The Bertz CT molecular complexity index is 1230. The van der Waals surface area contributed by atoms with E-state index in [1.807, 2.05) is 23.3 Å². The fourth-order valence-electron chi connectivity index (χ4n) is 5.41. The van der Waals surface area contributed by atoms with E-state index in [9.17, 15) is 18.0 Å². The zero-order valence-electron chi connectivity index (χ0n) is 17.5. The summed E-state index contributed by atoms with van der Waals surface area (Å²) in [7, 11) is 0. The molecule has 6 nitrogen and oxygen atoms in total. The number of rotatable bonds is 4. The highest BCUT2D eigenvalue weighted by atomic mass is 32.1. The van der Waals surface area contributed by atoms with Crippen molar-refractivity contribution in [3.63, 3.8) is 0 Å². The van der Waals surface area contributed by atoms with Crippen LogP contribution in [-0.2, 0) is 6.18 Å². The van der Waals surface area contributed by atoms with Gasteiger partial charge in [-0.1, -0.05) is 0 Å². The van der Waals surface area contributed by atoms with Gasteiger partial charge >= 0.3 is 6.18 Å². The van der Waals surface area contributed by atoms with Crippen LogP contribution >= 0.6 is 11.3 Å². The van der Waals surface area contributed by atoms with E-state index in [0.717, 1.165) is 30.8 Å². The topological polar surface area (TPSA) is 68.2 Å². The molecule has 1 aliphatic heterocycles. The summed E-state index contributed by atoms with van der Waals surface area (Å²) in [5.41, 5.74) is 1.12. The number of carbonyl (C=O) groups excluding carboxylic acids is 1. The van der Waals surface area contributed by atoms with Gasteiger partial charge in [0.25, 0.3) is 5.91 Å². The number of likely N-dealkylation sites (tertiary alicyclic amines) is 1. The van der Waals surface area contributed by atoms with Gasteiger partial charge in [0, 0.05) is 41.5 Å². The van der Waals surface area contributed by atoms with Gasteiger partial charge in [-0.05, 0) is 43.9 Å². The lowest BCUT2D eigenvalue weighted by atomic mass is 9.73. The maximum atomic E-state index is 13.6. The summed E-state index contributed by atoms with van der Waals surface area (Å²) < 4.78 is 44.4. The van der Waals surface area contributed by atoms with Gasteiger partial charge in [0.1, 0.15) is 16.8 Å². The van der Waals surface area contributed by atoms with E-state index in [1.54, 1.807) is 12.3 Å². The Balaban J connectivity index is 1.25. The van der Waals surface area contributed by atoms with E-state index in [-0.39, 0.29) is 29.3 Å². The largest absolute Gasteiger partial charge is 0.472 e. The van der Waals surface area contributed by atoms with Gasteiger partial charge < -0.3 is 9.64 Å². The number of alkyl halides is 3. The van der Waals surface area contributed by atoms with Gasteiger partial charge in [-0.15, -0.1) is 11.3 Å². The Morgan fingerprint density at radius 1 is 1.21 bits per heavy atom. The Morgan fingerprint density at radius 2 is 2.06 bits per heavy atom. The maximum absolute atomic E-state index is 13.6. The first-order chi connectivity index (χ1) is 15.8. The quantitative estimate of drug-likeness (QED) is 0.555. The van der Waals surface area contributed by atoms with Crippen LogP contribution < -0.4 is 4.74 Å². The predicted molar refractivity (Wildman–Crippen MR) is 114 cm³/mol. The number of halogens is 3. The second-order valence-corrected chi connectivity index (χ2v) is 9.86. The number of ether oxygens (including phenoxy) is 1. The third-order valence-electron chi connectivity index (χ3n) is 7.05. The molecule has 3 fully saturated rings. The first kappa shape index (κ1) is 20.6. The summed E-state index contributed by atoms with van der Waals surface area (Å²) in [5, 5.41) is 2.54. The minimum Gasteiger partial charge on any atom is -0.472 e. The normalized spacial score (nSPS) is 27.5. The van der Waals surface area contributed by atoms with Crippen LogP contribution in [0.2, 0.25) is 0 Å². The molecule has 2 aliphatic carbocycles. The predicted octanol–water partition coefficient (Wildman–Crippen LogP) is 4.61. The summed E-state index contributed by atoms with van der Waals surface area (Å²) >= 11 is 1.43. The van der Waals surface area contributed by atoms with Gasteiger partial charge in [-0.25, -0.2) is 15.0 Å². The number of hydrogen-bond donors (Lipinski definition) is 0.